The minimum Gasteiger partial charge on any atom is -0.353 e. The number of aromatic nitrogens is 3. The summed E-state index contributed by atoms with van der Waals surface area (Å²) >= 11 is 1.37. The van der Waals surface area contributed by atoms with Gasteiger partial charge in [-0.3, -0.25) is 9.59 Å². The van der Waals surface area contributed by atoms with E-state index in [4.69, 9.17) is 0 Å². The Morgan fingerprint density at radius 3 is 2.61 bits per heavy atom. The van der Waals surface area contributed by atoms with Crippen LogP contribution in [0.3, 0.4) is 0 Å². The molecule has 2 N–H and O–H groups in total. The fourth-order valence-electron chi connectivity index (χ4n) is 3.29. The van der Waals surface area contributed by atoms with E-state index in [-0.39, 0.29) is 11.8 Å². The molecule has 7 nitrogen and oxygen atoms in total. The molecule has 1 aliphatic carbocycles. The zero-order valence-corrected chi connectivity index (χ0v) is 17.0. The third-order valence-corrected chi connectivity index (χ3v) is 5.90. The number of nitrogens with zero attached hydrogens (tertiary/aromatic N) is 3. The Labute approximate surface area is 169 Å². The minimum atomic E-state index is -0.0599. The molecule has 0 unspecified atom stereocenters. The van der Waals surface area contributed by atoms with Crippen LogP contribution < -0.4 is 10.6 Å². The third kappa shape index (κ3) is 6.09. The van der Waals surface area contributed by atoms with E-state index in [9.17, 15) is 9.59 Å². The van der Waals surface area contributed by atoms with Crippen LogP contribution in [-0.2, 0) is 29.6 Å². The Hall–Kier alpha value is -2.35. The molecule has 2 aromatic rings. The first-order chi connectivity index (χ1) is 13.6. The highest BCUT2D eigenvalue weighted by Gasteiger charge is 2.17. The van der Waals surface area contributed by atoms with Crippen LogP contribution in [0.4, 0.5) is 0 Å². The van der Waals surface area contributed by atoms with Crippen LogP contribution in [0.1, 0.15) is 43.5 Å². The van der Waals surface area contributed by atoms with Gasteiger partial charge in [-0.05, 0) is 18.4 Å². The Morgan fingerprint density at radius 2 is 1.86 bits per heavy atom. The molecule has 28 heavy (non-hydrogen) atoms. The summed E-state index contributed by atoms with van der Waals surface area (Å²) in [5.41, 5.74) is 0.971. The third-order valence-electron chi connectivity index (χ3n) is 4.88. The van der Waals surface area contributed by atoms with Crippen molar-refractivity contribution in [3.63, 3.8) is 0 Å². The number of hydrogen-bond donors (Lipinski definition) is 2. The first-order valence-electron chi connectivity index (χ1n) is 9.73. The molecule has 1 saturated carbocycles. The molecule has 0 spiro atoms. The van der Waals surface area contributed by atoms with Crippen LogP contribution in [0.25, 0.3) is 0 Å². The van der Waals surface area contributed by atoms with E-state index in [2.05, 4.69) is 20.8 Å². The van der Waals surface area contributed by atoms with Crippen molar-refractivity contribution in [2.45, 2.75) is 56.3 Å². The Balaban J connectivity index is 1.42. The Kier molecular flexibility index (Phi) is 7.47. The van der Waals surface area contributed by atoms with Crippen LogP contribution in [0.2, 0.25) is 0 Å². The second kappa shape index (κ2) is 10.3. The molecule has 0 radical (unpaired) electrons. The molecule has 2 amide bonds. The lowest BCUT2D eigenvalue weighted by atomic mass is 9.95. The monoisotopic (exact) mass is 401 g/mol. The van der Waals surface area contributed by atoms with Crippen LogP contribution in [-0.4, -0.2) is 38.4 Å². The van der Waals surface area contributed by atoms with Gasteiger partial charge in [0.05, 0.1) is 18.7 Å². The van der Waals surface area contributed by atoms with Crippen LogP contribution >= 0.6 is 11.8 Å². The molecule has 0 aliphatic heterocycles. The smallest absolute Gasteiger partial charge is 0.230 e. The number of nitrogens with one attached hydrogen (secondary N) is 2. The Bertz CT molecular complexity index is 787. The predicted octanol–water partition coefficient (Wildman–Crippen LogP) is 2.21. The first kappa shape index (κ1) is 20.4. The first-order valence-corrected chi connectivity index (χ1v) is 10.7. The van der Waals surface area contributed by atoms with Gasteiger partial charge in [-0.25, -0.2) is 0 Å². The lowest BCUT2D eigenvalue weighted by Gasteiger charge is -2.22. The van der Waals surface area contributed by atoms with Crippen molar-refractivity contribution in [2.24, 2.45) is 7.05 Å². The predicted molar refractivity (Wildman–Crippen MR) is 109 cm³/mol. The van der Waals surface area contributed by atoms with E-state index < -0.39 is 0 Å². The standard InChI is InChI=1S/C20H27N5O2S/c1-25-17(13-21-18(26)12-15-8-4-2-5-9-15)23-24-20(25)28-14-19(27)22-16-10-6-3-7-11-16/h2,4-5,8-9,16H,3,6-7,10-14H2,1H3,(H,21,26)(H,22,27). The van der Waals surface area contributed by atoms with Crippen molar-refractivity contribution in [3.05, 3.63) is 41.7 Å². The molecule has 1 heterocycles. The lowest BCUT2D eigenvalue weighted by Crippen LogP contribution is -2.37. The zero-order valence-electron chi connectivity index (χ0n) is 16.2. The summed E-state index contributed by atoms with van der Waals surface area (Å²) < 4.78 is 1.82. The summed E-state index contributed by atoms with van der Waals surface area (Å²) in [5.74, 6) is 0.965. The number of hydrogen-bond acceptors (Lipinski definition) is 5. The average molecular weight is 402 g/mol. The number of rotatable bonds is 8. The summed E-state index contributed by atoms with van der Waals surface area (Å²) in [7, 11) is 1.85. The van der Waals surface area contributed by atoms with E-state index in [0.29, 0.717) is 35.7 Å². The summed E-state index contributed by atoms with van der Waals surface area (Å²) in [6, 6.07) is 9.93. The van der Waals surface area contributed by atoms with Gasteiger partial charge in [0, 0.05) is 13.1 Å². The van der Waals surface area contributed by atoms with Crippen molar-refractivity contribution in [1.82, 2.24) is 25.4 Å². The van der Waals surface area contributed by atoms with E-state index in [1.165, 1.54) is 31.0 Å². The number of amides is 2. The van der Waals surface area contributed by atoms with Gasteiger partial charge in [-0.1, -0.05) is 61.4 Å². The van der Waals surface area contributed by atoms with Gasteiger partial charge >= 0.3 is 0 Å². The van der Waals surface area contributed by atoms with E-state index in [1.807, 2.05) is 41.9 Å². The second-order valence-corrected chi connectivity index (χ2v) is 8.03. The van der Waals surface area contributed by atoms with Gasteiger partial charge < -0.3 is 15.2 Å². The van der Waals surface area contributed by atoms with Gasteiger partial charge in [0.2, 0.25) is 11.8 Å². The quantitative estimate of drug-likeness (QED) is 0.662. The number of carbonyl (C=O) groups is 2. The molecule has 1 aliphatic rings. The summed E-state index contributed by atoms with van der Waals surface area (Å²) in [6.45, 7) is 0.310. The maximum atomic E-state index is 12.1. The Morgan fingerprint density at radius 1 is 1.11 bits per heavy atom. The number of carbonyl (C=O) groups excluding carboxylic acids is 2. The average Bonchev–Trinajstić information content (AvgIpc) is 3.06. The number of benzene rings is 1. The summed E-state index contributed by atoms with van der Waals surface area (Å²) in [4.78, 5) is 24.2. The molecule has 0 saturated heterocycles. The maximum Gasteiger partial charge on any atom is 0.230 e. The van der Waals surface area contributed by atoms with E-state index >= 15 is 0 Å². The summed E-state index contributed by atoms with van der Waals surface area (Å²) in [6.07, 6.45) is 6.15. The van der Waals surface area contributed by atoms with Crippen LogP contribution in [0.15, 0.2) is 35.5 Å². The highest BCUT2D eigenvalue weighted by atomic mass is 32.2. The molecule has 1 aromatic carbocycles. The van der Waals surface area contributed by atoms with Gasteiger partial charge in [-0.2, -0.15) is 0 Å². The molecule has 1 fully saturated rings. The largest absolute Gasteiger partial charge is 0.353 e. The molecule has 0 atom stereocenters. The lowest BCUT2D eigenvalue weighted by molar-refractivity contribution is -0.121. The molecular weight excluding hydrogens is 374 g/mol. The van der Waals surface area contributed by atoms with Crippen molar-refractivity contribution < 1.29 is 9.59 Å². The van der Waals surface area contributed by atoms with Crippen LogP contribution in [0.5, 0.6) is 0 Å². The SMILES string of the molecule is Cn1c(CNC(=O)Cc2ccccc2)nnc1SCC(=O)NC1CCCCC1. The molecule has 8 heteroatoms. The molecule has 1 aromatic heterocycles. The van der Waals surface area contributed by atoms with Crippen molar-refractivity contribution in [3.8, 4) is 0 Å². The van der Waals surface area contributed by atoms with E-state index in [1.54, 1.807) is 0 Å². The fourth-order valence-corrected chi connectivity index (χ4v) is 4.03. The highest BCUT2D eigenvalue weighted by molar-refractivity contribution is 7.99. The zero-order chi connectivity index (χ0) is 19.8. The van der Waals surface area contributed by atoms with Crippen LogP contribution in [0, 0.1) is 0 Å². The van der Waals surface area contributed by atoms with Gasteiger partial charge in [-0.15, -0.1) is 10.2 Å². The minimum absolute atomic E-state index is 0.0395. The highest BCUT2D eigenvalue weighted by Crippen LogP contribution is 2.19. The van der Waals surface area contributed by atoms with Crippen molar-refractivity contribution >= 4 is 23.6 Å². The molecule has 0 bridgehead atoms. The van der Waals surface area contributed by atoms with Gasteiger partial charge in [0.25, 0.3) is 0 Å². The van der Waals surface area contributed by atoms with Crippen molar-refractivity contribution in [1.29, 1.82) is 0 Å². The van der Waals surface area contributed by atoms with Gasteiger partial charge in [0.15, 0.2) is 11.0 Å². The van der Waals surface area contributed by atoms with Crippen molar-refractivity contribution in [2.75, 3.05) is 5.75 Å². The topological polar surface area (TPSA) is 88.9 Å². The molecular formula is C20H27N5O2S. The molecule has 150 valence electrons. The normalized spacial score (nSPS) is 14.6. The second-order valence-electron chi connectivity index (χ2n) is 7.09. The molecule has 3 rings (SSSR count). The number of thioether (sulfide) groups is 1. The van der Waals surface area contributed by atoms with Gasteiger partial charge in [0.1, 0.15) is 0 Å². The summed E-state index contributed by atoms with van der Waals surface area (Å²) in [5, 5.41) is 14.9. The fraction of sp³-hybridized carbons (Fsp3) is 0.500. The maximum absolute atomic E-state index is 12.1. The van der Waals surface area contributed by atoms with E-state index in [0.717, 1.165) is 18.4 Å².